The molecular formula is C14H16BrNOS. The van der Waals surface area contributed by atoms with Gasteiger partial charge in [-0.05, 0) is 43.7 Å². The minimum atomic E-state index is 0.600. The van der Waals surface area contributed by atoms with Crippen molar-refractivity contribution in [1.82, 2.24) is 0 Å². The molecule has 0 radical (unpaired) electrons. The van der Waals surface area contributed by atoms with Gasteiger partial charge < -0.3 is 10.5 Å². The zero-order valence-corrected chi connectivity index (χ0v) is 12.9. The summed E-state index contributed by atoms with van der Waals surface area (Å²) in [5.74, 6) is 0.929. The molecule has 4 heteroatoms. The number of aryl methyl sites for hydroxylation is 2. The number of benzene rings is 1. The molecule has 2 rings (SSSR count). The second kappa shape index (κ2) is 5.87. The minimum Gasteiger partial charge on any atom is -0.489 e. The molecule has 1 aromatic carbocycles. The van der Waals surface area contributed by atoms with E-state index in [4.69, 9.17) is 10.5 Å². The van der Waals surface area contributed by atoms with Crippen molar-refractivity contribution >= 4 is 27.3 Å². The van der Waals surface area contributed by atoms with Crippen LogP contribution >= 0.6 is 27.3 Å². The summed E-state index contributed by atoms with van der Waals surface area (Å²) in [6, 6.07) is 8.17. The third-order valence-electron chi connectivity index (χ3n) is 2.79. The van der Waals surface area contributed by atoms with Crippen LogP contribution in [0.3, 0.4) is 0 Å². The summed E-state index contributed by atoms with van der Waals surface area (Å²) in [6.07, 6.45) is 0. The lowest BCUT2D eigenvalue weighted by Gasteiger charge is -2.09. The van der Waals surface area contributed by atoms with Crippen LogP contribution < -0.4 is 10.5 Å². The molecule has 1 aromatic heterocycles. The van der Waals surface area contributed by atoms with Crippen LogP contribution in [0.2, 0.25) is 0 Å². The van der Waals surface area contributed by atoms with Gasteiger partial charge in [0.15, 0.2) is 0 Å². The van der Waals surface area contributed by atoms with Crippen molar-refractivity contribution in [3.8, 4) is 5.75 Å². The Morgan fingerprint density at radius 3 is 2.67 bits per heavy atom. The average molecular weight is 326 g/mol. The molecule has 0 aliphatic heterocycles. The van der Waals surface area contributed by atoms with Crippen LogP contribution in [-0.2, 0) is 13.2 Å². The predicted molar refractivity (Wildman–Crippen MR) is 80.2 cm³/mol. The third-order valence-corrected chi connectivity index (χ3v) is 4.40. The minimum absolute atomic E-state index is 0.600. The van der Waals surface area contributed by atoms with Gasteiger partial charge in [0.05, 0.1) is 0 Å². The van der Waals surface area contributed by atoms with Gasteiger partial charge in [0.25, 0.3) is 0 Å². The first-order chi connectivity index (χ1) is 8.60. The predicted octanol–water partition coefficient (Wildman–Crippen LogP) is 4.17. The SMILES string of the molecule is Cc1cc(Br)ccc1OCc1cc(CN)sc1C. The van der Waals surface area contributed by atoms with E-state index in [-0.39, 0.29) is 0 Å². The van der Waals surface area contributed by atoms with Gasteiger partial charge in [-0.2, -0.15) is 0 Å². The second-order valence-electron chi connectivity index (χ2n) is 4.20. The third kappa shape index (κ3) is 3.13. The van der Waals surface area contributed by atoms with Crippen molar-refractivity contribution < 1.29 is 4.74 Å². The van der Waals surface area contributed by atoms with Crippen LogP contribution in [0.25, 0.3) is 0 Å². The van der Waals surface area contributed by atoms with Gasteiger partial charge in [-0.3, -0.25) is 0 Å². The summed E-state index contributed by atoms with van der Waals surface area (Å²) in [4.78, 5) is 2.49. The lowest BCUT2D eigenvalue weighted by atomic mass is 10.2. The van der Waals surface area contributed by atoms with Crippen molar-refractivity contribution in [2.24, 2.45) is 5.73 Å². The summed E-state index contributed by atoms with van der Waals surface area (Å²) in [5, 5.41) is 0. The van der Waals surface area contributed by atoms with E-state index in [0.717, 1.165) is 15.8 Å². The van der Waals surface area contributed by atoms with Crippen LogP contribution in [0.15, 0.2) is 28.7 Å². The van der Waals surface area contributed by atoms with Crippen molar-refractivity contribution in [2.75, 3.05) is 0 Å². The Morgan fingerprint density at radius 2 is 2.06 bits per heavy atom. The molecule has 2 nitrogen and oxygen atoms in total. The molecule has 96 valence electrons. The molecule has 0 unspecified atom stereocenters. The fourth-order valence-corrected chi connectivity index (χ4v) is 3.16. The molecule has 0 saturated heterocycles. The average Bonchev–Trinajstić information content (AvgIpc) is 2.69. The highest BCUT2D eigenvalue weighted by Gasteiger charge is 2.06. The molecule has 0 spiro atoms. The number of hydrogen-bond donors (Lipinski definition) is 1. The maximum absolute atomic E-state index is 5.86. The van der Waals surface area contributed by atoms with Crippen LogP contribution in [0.5, 0.6) is 5.75 Å². The van der Waals surface area contributed by atoms with E-state index in [0.29, 0.717) is 13.2 Å². The normalized spacial score (nSPS) is 10.7. The van der Waals surface area contributed by atoms with E-state index in [1.54, 1.807) is 11.3 Å². The number of halogens is 1. The highest BCUT2D eigenvalue weighted by atomic mass is 79.9. The van der Waals surface area contributed by atoms with Crippen LogP contribution in [0.1, 0.15) is 20.9 Å². The summed E-state index contributed by atoms with van der Waals surface area (Å²) in [7, 11) is 0. The van der Waals surface area contributed by atoms with Crippen LogP contribution in [0, 0.1) is 13.8 Å². The molecule has 0 aliphatic rings. The van der Waals surface area contributed by atoms with E-state index in [2.05, 4.69) is 35.0 Å². The highest BCUT2D eigenvalue weighted by Crippen LogP contribution is 2.26. The van der Waals surface area contributed by atoms with Gasteiger partial charge >= 0.3 is 0 Å². The largest absolute Gasteiger partial charge is 0.489 e. The number of ether oxygens (including phenoxy) is 1. The van der Waals surface area contributed by atoms with Gasteiger partial charge in [0.2, 0.25) is 0 Å². The molecule has 0 saturated carbocycles. The van der Waals surface area contributed by atoms with Gasteiger partial charge in [-0.25, -0.2) is 0 Å². The molecule has 0 atom stereocenters. The number of thiophene rings is 1. The molecule has 0 amide bonds. The Hall–Kier alpha value is -0.840. The first-order valence-electron chi connectivity index (χ1n) is 5.77. The van der Waals surface area contributed by atoms with Crippen molar-refractivity contribution in [1.29, 1.82) is 0 Å². The maximum Gasteiger partial charge on any atom is 0.122 e. The molecule has 2 N–H and O–H groups in total. The van der Waals surface area contributed by atoms with Gasteiger partial charge in [0.1, 0.15) is 12.4 Å². The van der Waals surface area contributed by atoms with E-state index in [9.17, 15) is 0 Å². The Morgan fingerprint density at radius 1 is 1.28 bits per heavy atom. The zero-order valence-electron chi connectivity index (χ0n) is 10.5. The zero-order chi connectivity index (χ0) is 13.1. The topological polar surface area (TPSA) is 35.2 Å². The molecule has 0 bridgehead atoms. The highest BCUT2D eigenvalue weighted by molar-refractivity contribution is 9.10. The number of hydrogen-bond acceptors (Lipinski definition) is 3. The second-order valence-corrected chi connectivity index (χ2v) is 6.45. The summed E-state index contributed by atoms with van der Waals surface area (Å²) in [6.45, 7) is 5.36. The lowest BCUT2D eigenvalue weighted by Crippen LogP contribution is -1.97. The Bertz CT molecular complexity index is 551. The molecule has 0 fully saturated rings. The van der Waals surface area contributed by atoms with Crippen molar-refractivity contribution in [3.63, 3.8) is 0 Å². The first-order valence-corrected chi connectivity index (χ1v) is 7.38. The molecule has 1 heterocycles. The van der Waals surface area contributed by atoms with Gasteiger partial charge in [-0.15, -0.1) is 11.3 Å². The Kier molecular flexibility index (Phi) is 4.43. The molecule has 18 heavy (non-hydrogen) atoms. The first kappa shape index (κ1) is 13.6. The van der Waals surface area contributed by atoms with Crippen LogP contribution in [0.4, 0.5) is 0 Å². The van der Waals surface area contributed by atoms with Crippen molar-refractivity contribution in [2.45, 2.75) is 27.0 Å². The molecule has 0 aliphatic carbocycles. The van der Waals surface area contributed by atoms with E-state index < -0.39 is 0 Å². The fraction of sp³-hybridized carbons (Fsp3) is 0.286. The van der Waals surface area contributed by atoms with E-state index in [1.165, 1.54) is 15.3 Å². The maximum atomic E-state index is 5.86. The Labute approximate surface area is 120 Å². The van der Waals surface area contributed by atoms with Gasteiger partial charge in [-0.1, -0.05) is 15.9 Å². The smallest absolute Gasteiger partial charge is 0.122 e. The van der Waals surface area contributed by atoms with Crippen LogP contribution in [-0.4, -0.2) is 0 Å². The standard InChI is InChI=1S/C14H16BrNOS/c1-9-5-12(15)3-4-14(9)17-8-11-6-13(7-16)18-10(11)2/h3-6H,7-8,16H2,1-2H3. The quantitative estimate of drug-likeness (QED) is 0.915. The fourth-order valence-electron chi connectivity index (χ4n) is 1.76. The van der Waals surface area contributed by atoms with E-state index in [1.807, 2.05) is 19.1 Å². The summed E-state index contributed by atoms with van der Waals surface area (Å²) < 4.78 is 6.94. The summed E-state index contributed by atoms with van der Waals surface area (Å²) >= 11 is 5.19. The molecular weight excluding hydrogens is 310 g/mol. The van der Waals surface area contributed by atoms with E-state index >= 15 is 0 Å². The van der Waals surface area contributed by atoms with Crippen molar-refractivity contribution in [3.05, 3.63) is 49.6 Å². The monoisotopic (exact) mass is 325 g/mol. The lowest BCUT2D eigenvalue weighted by molar-refractivity contribution is 0.304. The number of nitrogens with two attached hydrogens (primary N) is 1. The summed E-state index contributed by atoms with van der Waals surface area (Å²) in [5.41, 5.74) is 8.00. The molecule has 2 aromatic rings. The Balaban J connectivity index is 2.08. The number of rotatable bonds is 4. The van der Waals surface area contributed by atoms with Gasteiger partial charge in [0, 0.05) is 26.3 Å².